The molecule has 0 aliphatic rings. The number of nitrogens with one attached hydrogen (secondary N) is 1. The highest BCUT2D eigenvalue weighted by Gasteiger charge is 2.10. The Morgan fingerprint density at radius 1 is 1.10 bits per heavy atom. The number of benzene rings is 2. The van der Waals surface area contributed by atoms with Crippen LogP contribution in [0, 0.1) is 11.6 Å². The van der Waals surface area contributed by atoms with Gasteiger partial charge in [0.1, 0.15) is 11.6 Å². The van der Waals surface area contributed by atoms with Crippen LogP contribution in [-0.4, -0.2) is 14.7 Å². The summed E-state index contributed by atoms with van der Waals surface area (Å²) in [5, 5.41) is 0. The van der Waals surface area contributed by atoms with Crippen LogP contribution in [0.4, 0.5) is 14.5 Å². The number of ether oxygens (including phenoxy) is 1. The van der Waals surface area contributed by atoms with Gasteiger partial charge in [-0.15, -0.1) is 0 Å². The van der Waals surface area contributed by atoms with Gasteiger partial charge in [-0.25, -0.2) is 17.2 Å². The molecule has 0 amide bonds. The van der Waals surface area contributed by atoms with E-state index in [-0.39, 0.29) is 11.5 Å². The fourth-order valence-electron chi connectivity index (χ4n) is 1.54. The molecule has 0 saturated heterocycles. The second kappa shape index (κ2) is 5.98. The molecule has 2 rings (SSSR count). The topological polar surface area (TPSA) is 55.4 Å². The molecule has 2 aromatic carbocycles. The van der Waals surface area contributed by atoms with Gasteiger partial charge in [0, 0.05) is 11.8 Å². The largest absolute Gasteiger partial charge is 0.453 e. The van der Waals surface area contributed by atoms with E-state index in [1.807, 2.05) is 0 Å². The highest BCUT2D eigenvalue weighted by Crippen LogP contribution is 2.33. The summed E-state index contributed by atoms with van der Waals surface area (Å²) >= 11 is 3.19. The summed E-state index contributed by atoms with van der Waals surface area (Å²) in [5.41, 5.74) is 0.330. The molecule has 1 N–H and O–H groups in total. The highest BCUT2D eigenvalue weighted by atomic mass is 79.9. The molecule has 8 heteroatoms. The zero-order chi connectivity index (χ0) is 15.6. The van der Waals surface area contributed by atoms with Crippen molar-refractivity contribution in [3.8, 4) is 11.5 Å². The van der Waals surface area contributed by atoms with E-state index in [2.05, 4.69) is 20.7 Å². The SMILES string of the molecule is CS(=O)(=O)Nc1ccc(Oc2ccc(F)cc2F)c(Br)c1. The molecule has 4 nitrogen and oxygen atoms in total. The number of halogens is 3. The Morgan fingerprint density at radius 3 is 2.33 bits per heavy atom. The van der Waals surface area contributed by atoms with Crippen molar-refractivity contribution in [2.24, 2.45) is 0 Å². The van der Waals surface area contributed by atoms with Gasteiger partial charge in [-0.3, -0.25) is 4.72 Å². The van der Waals surface area contributed by atoms with Crippen molar-refractivity contribution in [3.05, 3.63) is 52.5 Å². The third-order valence-corrected chi connectivity index (χ3v) is 3.58. The predicted molar refractivity (Wildman–Crippen MR) is 79.0 cm³/mol. The summed E-state index contributed by atoms with van der Waals surface area (Å²) in [6.45, 7) is 0. The maximum absolute atomic E-state index is 13.5. The second-order valence-corrected chi connectivity index (χ2v) is 6.80. The summed E-state index contributed by atoms with van der Waals surface area (Å²) in [5.74, 6) is -1.41. The molecular weight excluding hydrogens is 368 g/mol. The summed E-state index contributed by atoms with van der Waals surface area (Å²) in [6, 6.07) is 7.34. The smallest absolute Gasteiger partial charge is 0.229 e. The molecule has 112 valence electrons. The Labute approximate surface area is 128 Å². The Bertz CT molecular complexity index is 781. The molecule has 0 atom stereocenters. The summed E-state index contributed by atoms with van der Waals surface area (Å²) in [4.78, 5) is 0. The van der Waals surface area contributed by atoms with Crippen molar-refractivity contribution < 1.29 is 21.9 Å². The first kappa shape index (κ1) is 15.7. The second-order valence-electron chi connectivity index (χ2n) is 4.20. The van der Waals surface area contributed by atoms with E-state index >= 15 is 0 Å². The van der Waals surface area contributed by atoms with E-state index in [0.29, 0.717) is 16.2 Å². The van der Waals surface area contributed by atoms with E-state index in [1.165, 1.54) is 24.3 Å². The third kappa shape index (κ3) is 4.40. The first-order valence-corrected chi connectivity index (χ1v) is 8.33. The molecule has 0 fully saturated rings. The van der Waals surface area contributed by atoms with Crippen molar-refractivity contribution in [2.75, 3.05) is 11.0 Å². The van der Waals surface area contributed by atoms with Crippen molar-refractivity contribution in [3.63, 3.8) is 0 Å². The summed E-state index contributed by atoms with van der Waals surface area (Å²) < 4.78 is 56.6. The maximum atomic E-state index is 13.5. The van der Waals surface area contributed by atoms with Crippen LogP contribution in [-0.2, 0) is 10.0 Å². The molecule has 0 aliphatic carbocycles. The minimum Gasteiger partial charge on any atom is -0.453 e. The van der Waals surface area contributed by atoms with E-state index < -0.39 is 21.7 Å². The van der Waals surface area contributed by atoms with Gasteiger partial charge >= 0.3 is 0 Å². The third-order valence-electron chi connectivity index (χ3n) is 2.35. The lowest BCUT2D eigenvalue weighted by Crippen LogP contribution is -2.09. The molecule has 2 aromatic rings. The Morgan fingerprint density at radius 2 is 1.76 bits per heavy atom. The number of hydrogen-bond donors (Lipinski definition) is 1. The lowest BCUT2D eigenvalue weighted by Gasteiger charge is -2.10. The molecule has 0 spiro atoms. The predicted octanol–water partition coefficient (Wildman–Crippen LogP) is 3.89. The molecule has 0 aliphatic heterocycles. The first-order valence-electron chi connectivity index (χ1n) is 5.65. The van der Waals surface area contributed by atoms with Gasteiger partial charge in [-0.05, 0) is 46.3 Å². The average molecular weight is 378 g/mol. The van der Waals surface area contributed by atoms with E-state index in [0.717, 1.165) is 12.3 Å². The maximum Gasteiger partial charge on any atom is 0.229 e. The molecule has 0 unspecified atom stereocenters. The van der Waals surface area contributed by atoms with Crippen molar-refractivity contribution in [1.29, 1.82) is 0 Å². The molecular formula is C13H10BrF2NO3S. The molecule has 0 heterocycles. The number of sulfonamides is 1. The van der Waals surface area contributed by atoms with Gasteiger partial charge in [-0.1, -0.05) is 0 Å². The molecule has 0 saturated carbocycles. The Balaban J connectivity index is 2.25. The quantitative estimate of drug-likeness (QED) is 0.878. The number of hydrogen-bond acceptors (Lipinski definition) is 3. The lowest BCUT2D eigenvalue weighted by molar-refractivity contribution is 0.435. The van der Waals surface area contributed by atoms with Gasteiger partial charge in [-0.2, -0.15) is 0 Å². The molecule has 0 aromatic heterocycles. The number of rotatable bonds is 4. The highest BCUT2D eigenvalue weighted by molar-refractivity contribution is 9.10. The van der Waals surface area contributed by atoms with Crippen LogP contribution in [0.15, 0.2) is 40.9 Å². The fraction of sp³-hybridized carbons (Fsp3) is 0.0769. The monoisotopic (exact) mass is 377 g/mol. The van der Waals surface area contributed by atoms with Crippen molar-refractivity contribution in [2.45, 2.75) is 0 Å². The summed E-state index contributed by atoms with van der Waals surface area (Å²) in [6.07, 6.45) is 1.03. The van der Waals surface area contributed by atoms with Gasteiger partial charge in [0.25, 0.3) is 0 Å². The van der Waals surface area contributed by atoms with Crippen LogP contribution in [0.2, 0.25) is 0 Å². The summed E-state index contributed by atoms with van der Waals surface area (Å²) in [7, 11) is -3.39. The minimum absolute atomic E-state index is 0.138. The van der Waals surface area contributed by atoms with Crippen LogP contribution in [0.3, 0.4) is 0 Å². The van der Waals surface area contributed by atoms with Crippen LogP contribution >= 0.6 is 15.9 Å². The van der Waals surface area contributed by atoms with Gasteiger partial charge in [0.15, 0.2) is 11.6 Å². The molecule has 0 radical (unpaired) electrons. The normalized spacial score (nSPS) is 11.2. The molecule has 21 heavy (non-hydrogen) atoms. The van der Waals surface area contributed by atoms with Gasteiger partial charge in [0.2, 0.25) is 10.0 Å². The van der Waals surface area contributed by atoms with Crippen LogP contribution in [0.1, 0.15) is 0 Å². The average Bonchev–Trinajstić information content (AvgIpc) is 2.33. The van der Waals surface area contributed by atoms with E-state index in [9.17, 15) is 17.2 Å². The zero-order valence-corrected chi connectivity index (χ0v) is 13.1. The zero-order valence-electron chi connectivity index (χ0n) is 10.7. The first-order chi connectivity index (χ1) is 9.74. The lowest BCUT2D eigenvalue weighted by atomic mass is 10.3. The van der Waals surface area contributed by atoms with Gasteiger partial charge < -0.3 is 4.74 Å². The van der Waals surface area contributed by atoms with Crippen LogP contribution in [0.5, 0.6) is 11.5 Å². The van der Waals surface area contributed by atoms with Crippen molar-refractivity contribution >= 4 is 31.6 Å². The van der Waals surface area contributed by atoms with E-state index in [4.69, 9.17) is 4.74 Å². The standard InChI is InChI=1S/C13H10BrF2NO3S/c1-21(18,19)17-9-3-5-12(10(14)7-9)20-13-4-2-8(15)6-11(13)16/h2-7,17H,1H3. The molecule has 0 bridgehead atoms. The Kier molecular flexibility index (Phi) is 4.48. The van der Waals surface area contributed by atoms with Crippen LogP contribution in [0.25, 0.3) is 0 Å². The van der Waals surface area contributed by atoms with Gasteiger partial charge in [0.05, 0.1) is 10.7 Å². The van der Waals surface area contributed by atoms with Crippen LogP contribution < -0.4 is 9.46 Å². The Hall–Kier alpha value is -1.67. The van der Waals surface area contributed by atoms with Crippen molar-refractivity contribution in [1.82, 2.24) is 0 Å². The van der Waals surface area contributed by atoms with E-state index in [1.54, 1.807) is 0 Å². The fourth-order valence-corrected chi connectivity index (χ4v) is 2.55. The number of anilines is 1. The minimum atomic E-state index is -3.39.